The minimum Gasteiger partial charge on any atom is -0.460 e. The number of esters is 3. The van der Waals surface area contributed by atoms with Gasteiger partial charge in [-0.3, -0.25) is 19.2 Å². The summed E-state index contributed by atoms with van der Waals surface area (Å²) in [4.78, 5) is 76.0. The summed E-state index contributed by atoms with van der Waals surface area (Å²) in [5.74, 6) is -3.55. The molecule has 0 fully saturated rings. The molecule has 1 aromatic rings. The summed E-state index contributed by atoms with van der Waals surface area (Å²) in [7, 11) is 0. The first-order valence-electron chi connectivity index (χ1n) is 14.8. The third-order valence-corrected chi connectivity index (χ3v) is 5.38. The molecule has 0 saturated carbocycles. The van der Waals surface area contributed by atoms with Gasteiger partial charge in [-0.2, -0.15) is 0 Å². The van der Waals surface area contributed by atoms with Gasteiger partial charge >= 0.3 is 24.0 Å². The normalized spacial score (nSPS) is 13.0. The molecule has 3 N–H and O–H groups in total. The van der Waals surface area contributed by atoms with E-state index < -0.39 is 71.2 Å². The Labute approximate surface area is 265 Å². The number of rotatable bonds is 14. The molecule has 0 heterocycles. The number of hydrogen-bond acceptors (Lipinski definition) is 10. The zero-order chi connectivity index (χ0) is 34.4. The second kappa shape index (κ2) is 17.4. The van der Waals surface area contributed by atoms with E-state index in [4.69, 9.17) is 18.9 Å². The number of hydrogen-bond donors (Lipinski definition) is 3. The van der Waals surface area contributed by atoms with E-state index >= 15 is 0 Å². The number of carbonyl (C=O) groups is 6. The van der Waals surface area contributed by atoms with Crippen LogP contribution in [-0.2, 0) is 49.5 Å². The lowest BCUT2D eigenvalue weighted by Crippen LogP contribution is -2.53. The molecular weight excluding hydrogens is 586 g/mol. The average Bonchev–Trinajstić information content (AvgIpc) is 2.88. The summed E-state index contributed by atoms with van der Waals surface area (Å²) in [6, 6.07) is 6.29. The molecule has 3 amide bonds. The molecule has 2 atom stereocenters. The molecule has 0 aliphatic rings. The lowest BCUT2D eigenvalue weighted by molar-refractivity contribution is -0.157. The van der Waals surface area contributed by atoms with E-state index in [1.54, 1.807) is 86.6 Å². The van der Waals surface area contributed by atoms with Gasteiger partial charge in [0.05, 0.1) is 0 Å². The van der Waals surface area contributed by atoms with Gasteiger partial charge in [0.15, 0.2) is 0 Å². The highest BCUT2D eigenvalue weighted by Gasteiger charge is 2.30. The van der Waals surface area contributed by atoms with E-state index in [9.17, 15) is 28.8 Å². The molecule has 13 heteroatoms. The molecule has 0 aliphatic carbocycles. The zero-order valence-corrected chi connectivity index (χ0v) is 27.9. The number of benzene rings is 1. The Hall–Kier alpha value is -4.16. The summed E-state index contributed by atoms with van der Waals surface area (Å²) in [5, 5.41) is 7.32. The van der Waals surface area contributed by atoms with Crippen LogP contribution in [0.4, 0.5) is 4.79 Å². The smallest absolute Gasteiger partial charge is 0.408 e. The Morgan fingerprint density at radius 1 is 0.667 bits per heavy atom. The summed E-state index contributed by atoms with van der Waals surface area (Å²) >= 11 is 0. The van der Waals surface area contributed by atoms with E-state index in [1.165, 1.54) is 0 Å². The maximum atomic E-state index is 13.5. The fourth-order valence-electron chi connectivity index (χ4n) is 3.64. The van der Waals surface area contributed by atoms with Gasteiger partial charge in [0.2, 0.25) is 11.8 Å². The average molecular weight is 636 g/mol. The Kier molecular flexibility index (Phi) is 15.0. The van der Waals surface area contributed by atoms with Gasteiger partial charge in [0, 0.05) is 12.8 Å². The minimum atomic E-state index is -1.31. The second-order valence-electron chi connectivity index (χ2n) is 13.4. The number of ether oxygens (including phenoxy) is 4. The highest BCUT2D eigenvalue weighted by molar-refractivity contribution is 5.92. The molecule has 0 aliphatic heterocycles. The van der Waals surface area contributed by atoms with Gasteiger partial charge in [0.1, 0.15) is 42.0 Å². The Bertz CT molecular complexity index is 1160. The number of nitrogens with one attached hydrogen (secondary N) is 3. The summed E-state index contributed by atoms with van der Waals surface area (Å²) in [6.45, 7) is 14.6. The molecule has 45 heavy (non-hydrogen) atoms. The van der Waals surface area contributed by atoms with Crippen LogP contribution in [0.3, 0.4) is 0 Å². The molecular formula is C32H49N3O10. The molecule has 1 aromatic carbocycles. The predicted octanol–water partition coefficient (Wildman–Crippen LogP) is 3.47. The van der Waals surface area contributed by atoms with Crippen molar-refractivity contribution < 1.29 is 47.7 Å². The maximum Gasteiger partial charge on any atom is 0.408 e. The molecule has 252 valence electrons. The minimum absolute atomic E-state index is 0.0758. The fraction of sp³-hybridized carbons (Fsp3) is 0.625. The van der Waals surface area contributed by atoms with Crippen molar-refractivity contribution in [1.29, 1.82) is 0 Å². The van der Waals surface area contributed by atoms with Crippen molar-refractivity contribution in [2.24, 2.45) is 0 Å². The highest BCUT2D eigenvalue weighted by Crippen LogP contribution is 2.13. The van der Waals surface area contributed by atoms with Gasteiger partial charge in [-0.15, -0.1) is 0 Å². The quantitative estimate of drug-likeness (QED) is 0.203. The first kappa shape index (κ1) is 38.9. The van der Waals surface area contributed by atoms with E-state index in [-0.39, 0.29) is 32.3 Å². The molecule has 0 bridgehead atoms. The molecule has 0 aromatic heterocycles. The van der Waals surface area contributed by atoms with Gasteiger partial charge in [-0.1, -0.05) is 30.3 Å². The van der Waals surface area contributed by atoms with Crippen molar-refractivity contribution in [2.45, 2.75) is 123 Å². The fourth-order valence-corrected chi connectivity index (χ4v) is 3.64. The van der Waals surface area contributed by atoms with Crippen LogP contribution in [0.1, 0.15) is 93.6 Å². The number of carbonyl (C=O) groups excluding carboxylic acids is 6. The molecule has 0 unspecified atom stereocenters. The molecule has 0 spiro atoms. The predicted molar refractivity (Wildman–Crippen MR) is 164 cm³/mol. The SMILES string of the molecule is CC(C)(C)OC(=O)CC[C@H](NC(=O)CNC(=O)OC(C)(C)C)C(=O)N[C@@H](CCC(=O)OC(C)(C)C)C(=O)OCc1ccccc1. The van der Waals surface area contributed by atoms with E-state index in [2.05, 4.69) is 16.0 Å². The molecule has 0 radical (unpaired) electrons. The first-order valence-corrected chi connectivity index (χ1v) is 14.8. The largest absolute Gasteiger partial charge is 0.460 e. The van der Waals surface area contributed by atoms with Gasteiger partial charge in [-0.25, -0.2) is 9.59 Å². The van der Waals surface area contributed by atoms with Crippen molar-refractivity contribution in [3.63, 3.8) is 0 Å². The van der Waals surface area contributed by atoms with Crippen molar-refractivity contribution in [3.8, 4) is 0 Å². The van der Waals surface area contributed by atoms with E-state index in [0.29, 0.717) is 5.56 Å². The van der Waals surface area contributed by atoms with Crippen LogP contribution >= 0.6 is 0 Å². The zero-order valence-electron chi connectivity index (χ0n) is 27.9. The van der Waals surface area contributed by atoms with Gasteiger partial charge in [-0.05, 0) is 80.7 Å². The standard InChI is InChI=1S/C32H49N3O10/c1-30(2,3)43-25(37)17-15-22(34-24(36)19-33-29(41)45-32(7,8)9)27(39)35-23(16-18-26(38)44-31(4,5)6)28(40)42-20-21-13-11-10-12-14-21/h10-14,22-23H,15-20H2,1-9H3,(H,33,41)(H,34,36)(H,35,39)/t22-,23-/m0/s1. The summed E-state index contributed by atoms with van der Waals surface area (Å²) in [6.07, 6.45) is -1.62. The molecule has 13 nitrogen and oxygen atoms in total. The molecule has 0 saturated heterocycles. The topological polar surface area (TPSA) is 175 Å². The number of amides is 3. The van der Waals surface area contributed by atoms with Crippen LogP contribution in [0.25, 0.3) is 0 Å². The summed E-state index contributed by atoms with van der Waals surface area (Å²) < 4.78 is 21.2. The van der Waals surface area contributed by atoms with E-state index in [0.717, 1.165) is 0 Å². The monoisotopic (exact) mass is 635 g/mol. The van der Waals surface area contributed by atoms with Crippen LogP contribution in [0.15, 0.2) is 30.3 Å². The summed E-state index contributed by atoms with van der Waals surface area (Å²) in [5.41, 5.74) is -1.61. The Morgan fingerprint density at radius 3 is 1.64 bits per heavy atom. The maximum absolute atomic E-state index is 13.5. The van der Waals surface area contributed by atoms with Crippen molar-refractivity contribution in [3.05, 3.63) is 35.9 Å². The highest BCUT2D eigenvalue weighted by atomic mass is 16.6. The van der Waals surface area contributed by atoms with Crippen molar-refractivity contribution in [1.82, 2.24) is 16.0 Å². The Morgan fingerprint density at radius 2 is 1.16 bits per heavy atom. The van der Waals surface area contributed by atoms with Crippen molar-refractivity contribution in [2.75, 3.05) is 6.54 Å². The lowest BCUT2D eigenvalue weighted by Gasteiger charge is -2.24. The Balaban J connectivity index is 3.08. The van der Waals surface area contributed by atoms with Crippen LogP contribution in [0, 0.1) is 0 Å². The lowest BCUT2D eigenvalue weighted by atomic mass is 10.1. The third kappa shape index (κ3) is 19.0. The number of alkyl carbamates (subject to hydrolysis) is 1. The van der Waals surface area contributed by atoms with Crippen LogP contribution in [-0.4, -0.2) is 71.2 Å². The van der Waals surface area contributed by atoms with E-state index in [1.807, 2.05) is 6.07 Å². The second-order valence-corrected chi connectivity index (χ2v) is 13.4. The van der Waals surface area contributed by atoms with Crippen LogP contribution in [0.2, 0.25) is 0 Å². The van der Waals surface area contributed by atoms with Crippen LogP contribution < -0.4 is 16.0 Å². The van der Waals surface area contributed by atoms with Crippen molar-refractivity contribution >= 4 is 35.8 Å². The third-order valence-electron chi connectivity index (χ3n) is 5.38. The van der Waals surface area contributed by atoms with Gasteiger partial charge < -0.3 is 34.9 Å². The van der Waals surface area contributed by atoms with Crippen LogP contribution in [0.5, 0.6) is 0 Å². The molecule has 1 rings (SSSR count). The van der Waals surface area contributed by atoms with Gasteiger partial charge in [0.25, 0.3) is 0 Å². The first-order chi connectivity index (χ1) is 20.6.